The number of aliphatic hydroxyl groups is 1. The number of carbonyl (C=O) groups excluding carboxylic acids is 2. The Labute approximate surface area is 127 Å². The Hall–Kier alpha value is -2.66. The van der Waals surface area contributed by atoms with Crippen LogP contribution in [0.4, 0.5) is 5.69 Å². The minimum Gasteiger partial charge on any atom is -0.497 e. The van der Waals surface area contributed by atoms with Gasteiger partial charge in [-0.25, -0.2) is 0 Å². The molecule has 1 heterocycles. The molecule has 1 amide bonds. The fourth-order valence-corrected chi connectivity index (χ4v) is 2.61. The van der Waals surface area contributed by atoms with Crippen molar-refractivity contribution in [2.45, 2.75) is 12.0 Å². The molecule has 1 aliphatic rings. The number of nitrogens with one attached hydrogen (secondary N) is 1. The van der Waals surface area contributed by atoms with Crippen molar-refractivity contribution in [3.8, 4) is 5.75 Å². The topological polar surface area (TPSA) is 75.6 Å². The van der Waals surface area contributed by atoms with Crippen molar-refractivity contribution in [3.05, 3.63) is 59.7 Å². The van der Waals surface area contributed by atoms with Crippen LogP contribution in [0.1, 0.15) is 22.3 Å². The Morgan fingerprint density at radius 3 is 2.77 bits per heavy atom. The summed E-state index contributed by atoms with van der Waals surface area (Å²) in [6.45, 7) is 0. The Morgan fingerprint density at radius 2 is 2.00 bits per heavy atom. The first-order valence-electron chi connectivity index (χ1n) is 6.85. The van der Waals surface area contributed by atoms with Gasteiger partial charge in [0.15, 0.2) is 11.4 Å². The summed E-state index contributed by atoms with van der Waals surface area (Å²) < 4.78 is 5.08. The Kier molecular flexibility index (Phi) is 3.42. The van der Waals surface area contributed by atoms with Gasteiger partial charge in [-0.15, -0.1) is 0 Å². The number of hydrogen-bond acceptors (Lipinski definition) is 4. The van der Waals surface area contributed by atoms with Gasteiger partial charge < -0.3 is 15.2 Å². The van der Waals surface area contributed by atoms with Crippen molar-refractivity contribution >= 4 is 17.4 Å². The second-order valence-electron chi connectivity index (χ2n) is 5.19. The largest absolute Gasteiger partial charge is 0.497 e. The van der Waals surface area contributed by atoms with E-state index in [2.05, 4.69) is 5.32 Å². The third kappa shape index (κ3) is 2.25. The maximum Gasteiger partial charge on any atom is 0.261 e. The average Bonchev–Trinajstić information content (AvgIpc) is 2.79. The molecular weight excluding hydrogens is 282 g/mol. The maximum absolute atomic E-state index is 12.4. The van der Waals surface area contributed by atoms with E-state index in [-0.39, 0.29) is 12.2 Å². The van der Waals surface area contributed by atoms with Crippen molar-refractivity contribution < 1.29 is 19.4 Å². The number of benzene rings is 2. The van der Waals surface area contributed by atoms with Crippen molar-refractivity contribution in [3.63, 3.8) is 0 Å². The lowest BCUT2D eigenvalue weighted by Gasteiger charge is -2.20. The smallest absolute Gasteiger partial charge is 0.261 e. The number of para-hydroxylation sites is 1. The molecule has 2 aromatic carbocycles. The van der Waals surface area contributed by atoms with E-state index in [1.807, 2.05) is 0 Å². The van der Waals surface area contributed by atoms with E-state index in [9.17, 15) is 14.7 Å². The van der Waals surface area contributed by atoms with Crippen LogP contribution in [-0.2, 0) is 10.4 Å². The number of hydrogen-bond donors (Lipinski definition) is 2. The zero-order valence-corrected chi connectivity index (χ0v) is 12.0. The molecule has 5 nitrogen and oxygen atoms in total. The fraction of sp³-hybridized carbons (Fsp3) is 0.176. The van der Waals surface area contributed by atoms with Gasteiger partial charge in [0.1, 0.15) is 5.75 Å². The third-order valence-corrected chi connectivity index (χ3v) is 3.80. The summed E-state index contributed by atoms with van der Waals surface area (Å²) in [6.07, 6.45) is -0.316. The summed E-state index contributed by atoms with van der Waals surface area (Å²) in [7, 11) is 1.51. The molecular formula is C17H15NO4. The highest BCUT2D eigenvalue weighted by Crippen LogP contribution is 2.38. The van der Waals surface area contributed by atoms with Gasteiger partial charge in [-0.3, -0.25) is 9.59 Å². The van der Waals surface area contributed by atoms with Gasteiger partial charge in [0.05, 0.1) is 13.5 Å². The predicted molar refractivity (Wildman–Crippen MR) is 80.9 cm³/mol. The normalized spacial score (nSPS) is 19.5. The molecule has 0 radical (unpaired) electrons. The Bertz CT molecular complexity index is 756. The number of ketones is 1. The molecule has 112 valence electrons. The summed E-state index contributed by atoms with van der Waals surface area (Å²) in [5.74, 6) is -0.354. The molecule has 1 aliphatic heterocycles. The maximum atomic E-state index is 12.4. The lowest BCUT2D eigenvalue weighted by molar-refractivity contribution is -0.133. The molecule has 0 fully saturated rings. The highest BCUT2D eigenvalue weighted by Gasteiger charge is 2.46. The number of Topliss-reactive ketones (excluding diaryl/α,β-unsaturated/α-hetero) is 1. The highest BCUT2D eigenvalue weighted by atomic mass is 16.5. The summed E-state index contributed by atoms with van der Waals surface area (Å²) in [4.78, 5) is 24.5. The molecule has 0 aliphatic carbocycles. The predicted octanol–water partition coefficient (Wildman–Crippen LogP) is 2.11. The first-order valence-corrected chi connectivity index (χ1v) is 6.85. The van der Waals surface area contributed by atoms with Gasteiger partial charge in [0.25, 0.3) is 5.91 Å². The van der Waals surface area contributed by atoms with E-state index >= 15 is 0 Å². The summed E-state index contributed by atoms with van der Waals surface area (Å²) >= 11 is 0. The van der Waals surface area contributed by atoms with E-state index in [0.29, 0.717) is 22.6 Å². The van der Waals surface area contributed by atoms with Crippen LogP contribution >= 0.6 is 0 Å². The average molecular weight is 297 g/mol. The van der Waals surface area contributed by atoms with Crippen LogP contribution in [0.15, 0.2) is 48.5 Å². The van der Waals surface area contributed by atoms with Gasteiger partial charge >= 0.3 is 0 Å². The fourth-order valence-electron chi connectivity index (χ4n) is 2.61. The first kappa shape index (κ1) is 14.3. The number of rotatable bonds is 4. The number of anilines is 1. The Morgan fingerprint density at radius 1 is 1.23 bits per heavy atom. The monoisotopic (exact) mass is 297 g/mol. The zero-order chi connectivity index (χ0) is 15.7. The molecule has 0 spiro atoms. The molecule has 2 N–H and O–H groups in total. The molecule has 1 atom stereocenters. The molecule has 0 saturated carbocycles. The van der Waals surface area contributed by atoms with Crippen LogP contribution in [0.3, 0.4) is 0 Å². The molecule has 5 heteroatoms. The molecule has 2 aromatic rings. The van der Waals surface area contributed by atoms with Gasteiger partial charge in [0.2, 0.25) is 0 Å². The van der Waals surface area contributed by atoms with Crippen LogP contribution in [0.2, 0.25) is 0 Å². The molecule has 0 bridgehead atoms. The summed E-state index contributed by atoms with van der Waals surface area (Å²) in [5, 5.41) is 13.3. The van der Waals surface area contributed by atoms with Crippen molar-refractivity contribution in [1.82, 2.24) is 0 Å². The van der Waals surface area contributed by atoms with E-state index in [4.69, 9.17) is 4.74 Å². The van der Waals surface area contributed by atoms with Gasteiger partial charge in [-0.05, 0) is 18.2 Å². The lowest BCUT2D eigenvalue weighted by atomic mass is 9.88. The summed E-state index contributed by atoms with van der Waals surface area (Å²) in [5.41, 5.74) is -0.480. The molecule has 0 saturated heterocycles. The number of fused-ring (bicyclic) bond motifs is 1. The van der Waals surface area contributed by atoms with E-state index in [0.717, 1.165) is 0 Å². The van der Waals surface area contributed by atoms with E-state index in [1.165, 1.54) is 7.11 Å². The van der Waals surface area contributed by atoms with Crippen LogP contribution in [0.5, 0.6) is 5.75 Å². The Balaban J connectivity index is 1.91. The van der Waals surface area contributed by atoms with Crippen LogP contribution in [0, 0.1) is 0 Å². The van der Waals surface area contributed by atoms with Gasteiger partial charge in [0, 0.05) is 16.8 Å². The van der Waals surface area contributed by atoms with Gasteiger partial charge in [-0.1, -0.05) is 30.3 Å². The minimum atomic E-state index is -1.84. The molecule has 0 aromatic heterocycles. The molecule has 0 unspecified atom stereocenters. The van der Waals surface area contributed by atoms with E-state index in [1.54, 1.807) is 48.5 Å². The minimum absolute atomic E-state index is 0.316. The van der Waals surface area contributed by atoms with Crippen LogP contribution < -0.4 is 10.1 Å². The highest BCUT2D eigenvalue weighted by molar-refractivity contribution is 6.09. The molecule has 22 heavy (non-hydrogen) atoms. The standard InChI is InChI=1S/C17H15NO4/c1-22-12-6-4-5-11(9-12)15(19)10-17(21)13-7-2-3-8-14(13)18-16(17)20/h2-9,21H,10H2,1H3,(H,18,20)/t17-/m1/s1. The second kappa shape index (κ2) is 5.27. The lowest BCUT2D eigenvalue weighted by Crippen LogP contribution is -2.36. The summed E-state index contributed by atoms with van der Waals surface area (Å²) in [6, 6.07) is 13.5. The number of amides is 1. The van der Waals surface area contributed by atoms with Crippen molar-refractivity contribution in [2.75, 3.05) is 12.4 Å². The van der Waals surface area contributed by atoms with Crippen molar-refractivity contribution in [1.29, 1.82) is 0 Å². The van der Waals surface area contributed by atoms with Gasteiger partial charge in [-0.2, -0.15) is 0 Å². The number of methoxy groups -OCH3 is 1. The first-order chi connectivity index (χ1) is 10.5. The van der Waals surface area contributed by atoms with Crippen LogP contribution in [-0.4, -0.2) is 23.9 Å². The number of ether oxygens (including phenoxy) is 1. The van der Waals surface area contributed by atoms with E-state index < -0.39 is 11.5 Å². The second-order valence-corrected chi connectivity index (χ2v) is 5.19. The van der Waals surface area contributed by atoms with Crippen LogP contribution in [0.25, 0.3) is 0 Å². The zero-order valence-electron chi connectivity index (χ0n) is 12.0. The quantitative estimate of drug-likeness (QED) is 0.848. The van der Waals surface area contributed by atoms with Crippen molar-refractivity contribution in [2.24, 2.45) is 0 Å². The number of carbonyl (C=O) groups is 2. The third-order valence-electron chi connectivity index (χ3n) is 3.80. The molecule has 3 rings (SSSR count). The SMILES string of the molecule is COc1cccc(C(=O)C[C@]2(O)C(=O)Nc3ccccc32)c1.